The molecule has 12 heavy (non-hydrogen) atoms. The van der Waals surface area contributed by atoms with Crippen molar-refractivity contribution in [1.82, 2.24) is 0 Å². The maximum atomic E-state index is 10.6. The smallest absolute Gasteiger partial charge is 0.428 e. The van der Waals surface area contributed by atoms with Crippen molar-refractivity contribution in [3.05, 3.63) is 23.2 Å². The molecule has 0 rings (SSSR count). The van der Waals surface area contributed by atoms with Gasteiger partial charge in [0.1, 0.15) is 13.2 Å². The van der Waals surface area contributed by atoms with Gasteiger partial charge >= 0.3 is 6.16 Å². The third kappa shape index (κ3) is 7.44. The van der Waals surface area contributed by atoms with Crippen LogP contribution in [0.4, 0.5) is 4.79 Å². The fourth-order valence-electron chi connectivity index (χ4n) is 0.316. The molecule has 0 aromatic carbocycles. The van der Waals surface area contributed by atoms with E-state index in [2.05, 4.69) is 22.6 Å². The lowest BCUT2D eigenvalue weighted by Crippen LogP contribution is -2.09. The van der Waals surface area contributed by atoms with Gasteiger partial charge in [0.25, 0.3) is 0 Å². The molecule has 3 nitrogen and oxygen atoms in total. The molecule has 0 spiro atoms. The molecule has 0 aliphatic rings. The lowest BCUT2D eigenvalue weighted by Gasteiger charge is -2.03. The highest BCUT2D eigenvalue weighted by Gasteiger charge is 2.03. The minimum absolute atomic E-state index is 0.0743. The van der Waals surface area contributed by atoms with E-state index >= 15 is 0 Å². The van der Waals surface area contributed by atoms with E-state index in [4.69, 9.17) is 23.2 Å². The topological polar surface area (TPSA) is 35.5 Å². The molecule has 0 fully saturated rings. The van der Waals surface area contributed by atoms with Crippen LogP contribution >= 0.6 is 23.2 Å². The molecule has 68 valence electrons. The van der Waals surface area contributed by atoms with Crippen LogP contribution in [-0.4, -0.2) is 19.4 Å². The number of halogens is 2. The fourth-order valence-corrected chi connectivity index (χ4v) is 0.425. The summed E-state index contributed by atoms with van der Waals surface area (Å²) in [5, 5.41) is 0.438. The largest absolute Gasteiger partial charge is 0.508 e. The number of hydrogen-bond donors (Lipinski definition) is 0. The second-order valence-corrected chi connectivity index (χ2v) is 2.93. The van der Waals surface area contributed by atoms with Crippen LogP contribution in [0.5, 0.6) is 0 Å². The van der Waals surface area contributed by atoms with E-state index in [1.165, 1.54) is 0 Å². The molecule has 0 saturated carbocycles. The summed E-state index contributed by atoms with van der Waals surface area (Å²) in [5.41, 5.74) is 0. The van der Waals surface area contributed by atoms with Gasteiger partial charge in [-0.15, -0.1) is 0 Å². The predicted octanol–water partition coefficient (Wildman–Crippen LogP) is 2.64. The summed E-state index contributed by atoms with van der Waals surface area (Å²) in [7, 11) is 0. The number of ether oxygens (including phenoxy) is 2. The molecular weight excluding hydrogens is 203 g/mol. The van der Waals surface area contributed by atoms with E-state index in [1.807, 2.05) is 0 Å². The van der Waals surface area contributed by atoms with Crippen molar-refractivity contribution in [2.75, 3.05) is 13.2 Å². The second-order valence-electron chi connectivity index (χ2n) is 1.86. The Morgan fingerprint density at radius 1 is 1.08 bits per heavy atom. The molecule has 0 aromatic rings. The Morgan fingerprint density at radius 2 is 1.42 bits per heavy atom. The minimum Gasteiger partial charge on any atom is -0.428 e. The molecule has 0 heterocycles. The number of rotatable bonds is 4. The van der Waals surface area contributed by atoms with Crippen molar-refractivity contribution < 1.29 is 14.3 Å². The van der Waals surface area contributed by atoms with Crippen LogP contribution in [0.1, 0.15) is 0 Å². The third-order valence-electron chi connectivity index (χ3n) is 0.693. The van der Waals surface area contributed by atoms with Crippen molar-refractivity contribution in [3.8, 4) is 0 Å². The average Bonchev–Trinajstić information content (AvgIpc) is 1.96. The molecule has 0 amide bonds. The van der Waals surface area contributed by atoms with Gasteiger partial charge < -0.3 is 9.47 Å². The summed E-state index contributed by atoms with van der Waals surface area (Å²) in [6.45, 7) is 6.47. The predicted molar refractivity (Wildman–Crippen MR) is 47.3 cm³/mol. The zero-order valence-corrected chi connectivity index (χ0v) is 7.82. The lowest BCUT2D eigenvalue weighted by atomic mass is 10.7. The first kappa shape index (κ1) is 11.3. The van der Waals surface area contributed by atoms with Gasteiger partial charge in [-0.1, -0.05) is 36.4 Å². The summed E-state index contributed by atoms with van der Waals surface area (Å²) >= 11 is 10.6. The minimum atomic E-state index is -0.849. The molecule has 0 unspecified atom stereocenters. The van der Waals surface area contributed by atoms with E-state index in [0.717, 1.165) is 0 Å². The molecule has 0 aromatic heterocycles. The van der Waals surface area contributed by atoms with Gasteiger partial charge in [0.2, 0.25) is 0 Å². The van der Waals surface area contributed by atoms with Gasteiger partial charge in [-0.3, -0.25) is 0 Å². The van der Waals surface area contributed by atoms with Gasteiger partial charge in [-0.25, -0.2) is 4.79 Å². The molecule has 5 heteroatoms. The van der Waals surface area contributed by atoms with Crippen molar-refractivity contribution in [2.45, 2.75) is 0 Å². The Bertz CT molecular complexity index is 181. The van der Waals surface area contributed by atoms with Crippen LogP contribution in [0.25, 0.3) is 0 Å². The Hall–Kier alpha value is -0.670. The average molecular weight is 211 g/mol. The summed E-state index contributed by atoms with van der Waals surface area (Å²) in [6, 6.07) is 0. The maximum absolute atomic E-state index is 10.6. The lowest BCUT2D eigenvalue weighted by molar-refractivity contribution is 0.0705. The first-order valence-electron chi connectivity index (χ1n) is 2.98. The summed E-state index contributed by atoms with van der Waals surface area (Å²) in [6.07, 6.45) is -0.849. The Kier molecular flexibility index (Phi) is 5.58. The van der Waals surface area contributed by atoms with Gasteiger partial charge in [0, 0.05) is 10.1 Å². The summed E-state index contributed by atoms with van der Waals surface area (Å²) in [4.78, 5) is 10.6. The van der Waals surface area contributed by atoms with E-state index < -0.39 is 6.16 Å². The number of hydrogen-bond acceptors (Lipinski definition) is 3. The van der Waals surface area contributed by atoms with Gasteiger partial charge in [0.05, 0.1) is 0 Å². The molecule has 0 aliphatic carbocycles. The van der Waals surface area contributed by atoms with Crippen molar-refractivity contribution >= 4 is 29.4 Å². The Balaban J connectivity index is 3.47. The van der Waals surface area contributed by atoms with E-state index in [1.54, 1.807) is 0 Å². The summed E-state index contributed by atoms with van der Waals surface area (Å²) in [5.74, 6) is 0. The quantitative estimate of drug-likeness (QED) is 0.670. The Labute approximate surface area is 80.5 Å². The molecule has 0 atom stereocenters. The van der Waals surface area contributed by atoms with Crippen molar-refractivity contribution in [3.63, 3.8) is 0 Å². The molecular formula is C7H8Cl2O3. The standard InChI is InChI=1S/C7H8Cl2O3/c1-5(8)3-11-7(10)12-4-6(2)9/h1-4H2. The van der Waals surface area contributed by atoms with E-state index in [-0.39, 0.29) is 23.3 Å². The highest BCUT2D eigenvalue weighted by atomic mass is 35.5. The maximum Gasteiger partial charge on any atom is 0.508 e. The number of carbonyl (C=O) groups excluding carboxylic acids is 1. The van der Waals surface area contributed by atoms with Crippen LogP contribution in [0.3, 0.4) is 0 Å². The van der Waals surface area contributed by atoms with Crippen LogP contribution < -0.4 is 0 Å². The summed E-state index contributed by atoms with van der Waals surface area (Å²) < 4.78 is 8.92. The number of carbonyl (C=O) groups is 1. The normalized spacial score (nSPS) is 8.83. The monoisotopic (exact) mass is 210 g/mol. The Morgan fingerprint density at radius 3 is 1.67 bits per heavy atom. The molecule has 0 radical (unpaired) electrons. The van der Waals surface area contributed by atoms with Crippen LogP contribution in [0.2, 0.25) is 0 Å². The molecule has 0 bridgehead atoms. The molecule has 0 saturated heterocycles. The SMILES string of the molecule is C=C(Cl)COC(=O)OCC(=C)Cl. The van der Waals surface area contributed by atoms with Crippen LogP contribution in [0.15, 0.2) is 23.2 Å². The zero-order valence-electron chi connectivity index (χ0n) is 6.31. The molecule has 0 N–H and O–H groups in total. The molecule has 0 aliphatic heterocycles. The van der Waals surface area contributed by atoms with E-state index in [0.29, 0.717) is 0 Å². The van der Waals surface area contributed by atoms with Crippen LogP contribution in [-0.2, 0) is 9.47 Å². The van der Waals surface area contributed by atoms with Gasteiger partial charge in [0.15, 0.2) is 0 Å². The zero-order chi connectivity index (χ0) is 9.56. The highest BCUT2D eigenvalue weighted by Crippen LogP contribution is 2.01. The highest BCUT2D eigenvalue weighted by molar-refractivity contribution is 6.29. The second kappa shape index (κ2) is 5.91. The third-order valence-corrected chi connectivity index (χ3v) is 0.911. The fraction of sp³-hybridized carbons (Fsp3) is 0.286. The van der Waals surface area contributed by atoms with E-state index in [9.17, 15) is 4.79 Å². The van der Waals surface area contributed by atoms with Gasteiger partial charge in [-0.05, 0) is 0 Å². The van der Waals surface area contributed by atoms with Gasteiger partial charge in [-0.2, -0.15) is 0 Å². The van der Waals surface area contributed by atoms with Crippen LogP contribution in [0, 0.1) is 0 Å². The van der Waals surface area contributed by atoms with Crippen molar-refractivity contribution in [1.29, 1.82) is 0 Å². The van der Waals surface area contributed by atoms with Crippen molar-refractivity contribution in [2.24, 2.45) is 0 Å². The first-order chi connectivity index (χ1) is 5.52. The first-order valence-corrected chi connectivity index (χ1v) is 3.74.